The average Bonchev–Trinajstić information content (AvgIpc) is 2.84. The summed E-state index contributed by atoms with van der Waals surface area (Å²) in [6.45, 7) is 4.63. The molecule has 1 aliphatic heterocycles. The van der Waals surface area contributed by atoms with E-state index in [1.807, 2.05) is 43.0 Å². The Balaban J connectivity index is 2.33. The molecule has 0 saturated heterocycles. The van der Waals surface area contributed by atoms with Crippen LogP contribution in [0.15, 0.2) is 33.9 Å². The Morgan fingerprint density at radius 3 is 2.44 bits per heavy atom. The van der Waals surface area contributed by atoms with Crippen molar-refractivity contribution in [1.82, 2.24) is 14.0 Å². The standard InChI is InChI=1S/C18H22N4O3/c1-10(2)9-22-14(11-7-5-6-8-12(11)15(22)19)13-16(23)20(3)18(25)21(4)17(13)24/h5-8,10,14,19,23H,9H2,1-4H3. The molecule has 132 valence electrons. The van der Waals surface area contributed by atoms with Gasteiger partial charge >= 0.3 is 5.69 Å². The predicted molar refractivity (Wildman–Crippen MR) is 95.2 cm³/mol. The van der Waals surface area contributed by atoms with Crippen LogP contribution in [0.4, 0.5) is 0 Å². The summed E-state index contributed by atoms with van der Waals surface area (Å²) in [7, 11) is 2.83. The molecule has 1 aliphatic rings. The zero-order valence-corrected chi connectivity index (χ0v) is 14.8. The van der Waals surface area contributed by atoms with E-state index in [0.717, 1.165) is 20.3 Å². The van der Waals surface area contributed by atoms with E-state index in [0.29, 0.717) is 12.4 Å². The third-order valence-corrected chi connectivity index (χ3v) is 4.61. The second kappa shape index (κ2) is 5.91. The second-order valence-corrected chi connectivity index (χ2v) is 6.83. The minimum atomic E-state index is -0.586. The van der Waals surface area contributed by atoms with Gasteiger partial charge in [0, 0.05) is 26.2 Å². The van der Waals surface area contributed by atoms with Gasteiger partial charge in [0.1, 0.15) is 11.4 Å². The van der Waals surface area contributed by atoms with Crippen molar-refractivity contribution >= 4 is 5.84 Å². The summed E-state index contributed by atoms with van der Waals surface area (Å²) >= 11 is 0. The molecule has 2 aromatic rings. The number of rotatable bonds is 3. The Hall–Kier alpha value is -2.83. The van der Waals surface area contributed by atoms with E-state index in [-0.39, 0.29) is 17.4 Å². The van der Waals surface area contributed by atoms with E-state index in [1.165, 1.54) is 14.1 Å². The van der Waals surface area contributed by atoms with Crippen LogP contribution in [0.25, 0.3) is 0 Å². The van der Waals surface area contributed by atoms with E-state index < -0.39 is 17.3 Å². The van der Waals surface area contributed by atoms with Gasteiger partial charge in [0.25, 0.3) is 5.56 Å². The van der Waals surface area contributed by atoms with Crippen LogP contribution >= 0.6 is 0 Å². The highest BCUT2D eigenvalue weighted by atomic mass is 16.3. The summed E-state index contributed by atoms with van der Waals surface area (Å²) in [5.74, 6) is 0.233. The first kappa shape index (κ1) is 17.0. The van der Waals surface area contributed by atoms with Crippen LogP contribution in [-0.2, 0) is 14.1 Å². The fourth-order valence-corrected chi connectivity index (χ4v) is 3.40. The van der Waals surface area contributed by atoms with Crippen LogP contribution in [0, 0.1) is 11.3 Å². The van der Waals surface area contributed by atoms with Gasteiger partial charge in [-0.15, -0.1) is 0 Å². The van der Waals surface area contributed by atoms with E-state index >= 15 is 0 Å². The van der Waals surface area contributed by atoms with E-state index in [9.17, 15) is 14.7 Å². The molecule has 0 saturated carbocycles. The highest BCUT2D eigenvalue weighted by molar-refractivity contribution is 6.01. The maximum Gasteiger partial charge on any atom is 0.333 e. The lowest BCUT2D eigenvalue weighted by atomic mass is 9.99. The van der Waals surface area contributed by atoms with Crippen LogP contribution in [0.1, 0.15) is 36.6 Å². The first-order chi connectivity index (χ1) is 11.8. The van der Waals surface area contributed by atoms with Crippen molar-refractivity contribution in [2.45, 2.75) is 19.9 Å². The zero-order valence-electron chi connectivity index (χ0n) is 14.8. The highest BCUT2D eigenvalue weighted by Crippen LogP contribution is 2.39. The normalized spacial score (nSPS) is 16.6. The van der Waals surface area contributed by atoms with Crippen molar-refractivity contribution in [3.05, 3.63) is 61.8 Å². The number of hydrogen-bond acceptors (Lipinski definition) is 4. The van der Waals surface area contributed by atoms with Gasteiger partial charge in [-0.2, -0.15) is 0 Å². The van der Waals surface area contributed by atoms with Crippen LogP contribution in [0.5, 0.6) is 5.88 Å². The number of aromatic nitrogens is 2. The molecule has 1 aromatic carbocycles. The molecule has 0 amide bonds. The highest BCUT2D eigenvalue weighted by Gasteiger charge is 2.39. The third-order valence-electron chi connectivity index (χ3n) is 4.61. The molecule has 1 atom stereocenters. The molecule has 0 fully saturated rings. The summed E-state index contributed by atoms with van der Waals surface area (Å²) in [4.78, 5) is 26.7. The summed E-state index contributed by atoms with van der Waals surface area (Å²) in [6, 6.07) is 6.81. The molecule has 2 N–H and O–H groups in total. The number of aromatic hydroxyl groups is 1. The molecule has 0 spiro atoms. The maximum absolute atomic E-state index is 12.8. The van der Waals surface area contributed by atoms with E-state index in [1.54, 1.807) is 0 Å². The Labute approximate surface area is 145 Å². The lowest BCUT2D eigenvalue weighted by Crippen LogP contribution is -2.42. The summed E-state index contributed by atoms with van der Waals surface area (Å²) in [5.41, 5.74) is 0.537. The van der Waals surface area contributed by atoms with Crippen LogP contribution in [-0.4, -0.2) is 31.5 Å². The summed E-state index contributed by atoms with van der Waals surface area (Å²) < 4.78 is 2.06. The number of hydrogen-bond donors (Lipinski definition) is 2. The van der Waals surface area contributed by atoms with Gasteiger partial charge in [0.05, 0.1) is 6.04 Å². The molecule has 2 heterocycles. The summed E-state index contributed by atoms with van der Waals surface area (Å²) in [6.07, 6.45) is 0. The van der Waals surface area contributed by atoms with Crippen molar-refractivity contribution < 1.29 is 5.11 Å². The predicted octanol–water partition coefficient (Wildman–Crippen LogP) is 1.18. The van der Waals surface area contributed by atoms with Gasteiger partial charge in [-0.3, -0.25) is 19.3 Å². The smallest absolute Gasteiger partial charge is 0.333 e. The largest absolute Gasteiger partial charge is 0.494 e. The van der Waals surface area contributed by atoms with E-state index in [4.69, 9.17) is 5.41 Å². The van der Waals surface area contributed by atoms with Gasteiger partial charge in [0.15, 0.2) is 0 Å². The average molecular weight is 342 g/mol. The molecule has 1 unspecified atom stereocenters. The van der Waals surface area contributed by atoms with Crippen LogP contribution in [0.2, 0.25) is 0 Å². The Kier molecular flexibility index (Phi) is 4.02. The molecular formula is C18H22N4O3. The molecular weight excluding hydrogens is 320 g/mol. The maximum atomic E-state index is 12.8. The second-order valence-electron chi connectivity index (χ2n) is 6.83. The molecule has 7 heteroatoms. The number of amidine groups is 1. The van der Waals surface area contributed by atoms with Gasteiger partial charge in [0.2, 0.25) is 5.88 Å². The fourth-order valence-electron chi connectivity index (χ4n) is 3.40. The molecule has 0 aliphatic carbocycles. The van der Waals surface area contributed by atoms with Gasteiger partial charge in [-0.25, -0.2) is 4.79 Å². The van der Waals surface area contributed by atoms with Crippen molar-refractivity contribution in [3.8, 4) is 5.88 Å². The first-order valence-electron chi connectivity index (χ1n) is 8.19. The molecule has 1 aromatic heterocycles. The van der Waals surface area contributed by atoms with Gasteiger partial charge in [-0.05, 0) is 11.5 Å². The molecule has 7 nitrogen and oxygen atoms in total. The quantitative estimate of drug-likeness (QED) is 0.876. The topological polar surface area (TPSA) is 91.3 Å². The van der Waals surface area contributed by atoms with Crippen molar-refractivity contribution in [1.29, 1.82) is 5.41 Å². The molecule has 3 rings (SSSR count). The lowest BCUT2D eigenvalue weighted by molar-refractivity contribution is 0.310. The molecule has 0 radical (unpaired) electrons. The van der Waals surface area contributed by atoms with E-state index in [2.05, 4.69) is 0 Å². The summed E-state index contributed by atoms with van der Waals surface area (Å²) in [5, 5.41) is 19.1. The number of benzene rings is 1. The SMILES string of the molecule is CC(C)CN1C(=N)c2ccccc2C1c1c(O)n(C)c(=O)n(C)c1=O. The van der Waals surface area contributed by atoms with Crippen LogP contribution in [0.3, 0.4) is 0 Å². The molecule has 25 heavy (non-hydrogen) atoms. The number of nitrogens with zero attached hydrogens (tertiary/aromatic N) is 3. The Morgan fingerprint density at radius 1 is 1.16 bits per heavy atom. The van der Waals surface area contributed by atoms with Crippen molar-refractivity contribution in [2.75, 3.05) is 6.54 Å². The van der Waals surface area contributed by atoms with Crippen molar-refractivity contribution in [3.63, 3.8) is 0 Å². The minimum absolute atomic E-state index is 0.125. The lowest BCUT2D eigenvalue weighted by Gasteiger charge is -2.29. The van der Waals surface area contributed by atoms with Crippen LogP contribution < -0.4 is 11.2 Å². The monoisotopic (exact) mass is 342 g/mol. The third kappa shape index (κ3) is 2.47. The number of nitrogens with one attached hydrogen (secondary N) is 1. The Bertz CT molecular complexity index is 971. The Morgan fingerprint density at radius 2 is 1.80 bits per heavy atom. The number of fused-ring (bicyclic) bond motifs is 1. The minimum Gasteiger partial charge on any atom is -0.494 e. The molecule has 0 bridgehead atoms. The van der Waals surface area contributed by atoms with Gasteiger partial charge < -0.3 is 10.0 Å². The zero-order chi connectivity index (χ0) is 18.5. The fraction of sp³-hybridized carbons (Fsp3) is 0.389. The van der Waals surface area contributed by atoms with Crippen molar-refractivity contribution in [2.24, 2.45) is 20.0 Å². The first-order valence-corrected chi connectivity index (χ1v) is 8.19. The van der Waals surface area contributed by atoms with Gasteiger partial charge in [-0.1, -0.05) is 38.1 Å².